The van der Waals surface area contributed by atoms with E-state index in [9.17, 15) is 4.79 Å². The molecule has 1 N–H and O–H groups in total. The molecule has 2 heterocycles. The van der Waals surface area contributed by atoms with Crippen LogP contribution in [0.4, 0.5) is 0 Å². The molecule has 2 aliphatic heterocycles. The van der Waals surface area contributed by atoms with Crippen LogP contribution in [0.5, 0.6) is 0 Å². The van der Waals surface area contributed by atoms with Crippen molar-refractivity contribution in [2.24, 2.45) is 5.92 Å². The molecule has 0 aromatic carbocycles. The minimum absolute atomic E-state index is 0.101. The van der Waals surface area contributed by atoms with E-state index in [0.29, 0.717) is 11.9 Å². The average molecular weight is 224 g/mol. The molecule has 3 heteroatoms. The fraction of sp³-hybridized carbons (Fsp3) is 0.923. The van der Waals surface area contributed by atoms with E-state index in [1.165, 1.54) is 25.7 Å². The molecule has 3 nitrogen and oxygen atoms in total. The minimum Gasteiger partial charge on any atom is -0.339 e. The summed E-state index contributed by atoms with van der Waals surface area (Å²) in [5.41, 5.74) is 0. The summed E-state index contributed by atoms with van der Waals surface area (Å²) in [5, 5.41) is 3.36. The van der Waals surface area contributed by atoms with Gasteiger partial charge in [0.05, 0.1) is 6.04 Å². The Hall–Kier alpha value is -0.570. The summed E-state index contributed by atoms with van der Waals surface area (Å²) in [7, 11) is 0. The lowest BCUT2D eigenvalue weighted by atomic mass is 9.92. The maximum absolute atomic E-state index is 12.3. The molecule has 2 fully saturated rings. The number of carbonyl (C=O) groups is 1. The first kappa shape index (κ1) is 11.9. The predicted molar refractivity (Wildman–Crippen MR) is 65.2 cm³/mol. The summed E-state index contributed by atoms with van der Waals surface area (Å²) in [5.74, 6) is 1.12. The summed E-state index contributed by atoms with van der Waals surface area (Å²) in [4.78, 5) is 14.4. The van der Waals surface area contributed by atoms with Crippen molar-refractivity contribution in [3.63, 3.8) is 0 Å². The number of likely N-dealkylation sites (tertiary alicyclic amines) is 1. The molecule has 0 saturated carbocycles. The summed E-state index contributed by atoms with van der Waals surface area (Å²) in [6.07, 6.45) is 5.78. The highest BCUT2D eigenvalue weighted by Gasteiger charge is 2.31. The first-order valence-electron chi connectivity index (χ1n) is 6.72. The zero-order valence-corrected chi connectivity index (χ0v) is 10.5. The summed E-state index contributed by atoms with van der Waals surface area (Å²) in [6.45, 7) is 6.45. The lowest BCUT2D eigenvalue weighted by Gasteiger charge is -2.39. The monoisotopic (exact) mass is 224 g/mol. The molecule has 2 aliphatic rings. The Morgan fingerprint density at radius 3 is 2.69 bits per heavy atom. The van der Waals surface area contributed by atoms with Gasteiger partial charge in [0.2, 0.25) is 5.91 Å². The van der Waals surface area contributed by atoms with Crippen molar-refractivity contribution in [3.8, 4) is 0 Å². The van der Waals surface area contributed by atoms with Crippen LogP contribution in [0.15, 0.2) is 0 Å². The molecule has 0 aliphatic carbocycles. The number of piperidine rings is 2. The fourth-order valence-electron chi connectivity index (χ4n) is 3.00. The average Bonchev–Trinajstić information content (AvgIpc) is 2.29. The standard InChI is InChI=1S/C13H24N2O/c1-10-6-8-15(11(2)9-10)13(16)12-5-3-4-7-14-12/h10-12,14H,3-9H2,1-2H3. The van der Waals surface area contributed by atoms with Gasteiger partial charge in [0, 0.05) is 12.6 Å². The van der Waals surface area contributed by atoms with Gasteiger partial charge in [-0.1, -0.05) is 13.3 Å². The maximum atomic E-state index is 12.3. The van der Waals surface area contributed by atoms with Gasteiger partial charge in [-0.25, -0.2) is 0 Å². The number of rotatable bonds is 1. The Morgan fingerprint density at radius 2 is 2.06 bits per heavy atom. The van der Waals surface area contributed by atoms with Crippen molar-refractivity contribution in [1.82, 2.24) is 10.2 Å². The maximum Gasteiger partial charge on any atom is 0.239 e. The van der Waals surface area contributed by atoms with E-state index in [1.807, 2.05) is 0 Å². The number of hydrogen-bond donors (Lipinski definition) is 1. The van der Waals surface area contributed by atoms with Crippen molar-refractivity contribution in [2.45, 2.75) is 58.0 Å². The van der Waals surface area contributed by atoms with Crippen molar-refractivity contribution in [2.75, 3.05) is 13.1 Å². The Bertz CT molecular complexity index is 248. The van der Waals surface area contributed by atoms with Crippen LogP contribution in [0.2, 0.25) is 0 Å². The van der Waals surface area contributed by atoms with E-state index < -0.39 is 0 Å². The Labute approximate surface area is 98.6 Å². The normalized spacial score (nSPS) is 36.1. The lowest BCUT2D eigenvalue weighted by molar-refractivity contribution is -0.137. The minimum atomic E-state index is 0.101. The number of nitrogens with one attached hydrogen (secondary N) is 1. The molecule has 16 heavy (non-hydrogen) atoms. The Balaban J connectivity index is 1.92. The Morgan fingerprint density at radius 1 is 1.25 bits per heavy atom. The zero-order chi connectivity index (χ0) is 11.5. The third-order valence-electron chi connectivity index (χ3n) is 4.03. The second-order valence-electron chi connectivity index (χ2n) is 5.51. The fourth-order valence-corrected chi connectivity index (χ4v) is 3.00. The molecule has 92 valence electrons. The number of hydrogen-bond acceptors (Lipinski definition) is 2. The molecule has 0 aromatic heterocycles. The van der Waals surface area contributed by atoms with Gasteiger partial charge in [-0.2, -0.15) is 0 Å². The van der Waals surface area contributed by atoms with Gasteiger partial charge in [0.1, 0.15) is 0 Å². The van der Waals surface area contributed by atoms with E-state index in [4.69, 9.17) is 0 Å². The van der Waals surface area contributed by atoms with E-state index in [0.717, 1.165) is 25.4 Å². The van der Waals surface area contributed by atoms with E-state index in [-0.39, 0.29) is 6.04 Å². The second-order valence-corrected chi connectivity index (χ2v) is 5.51. The third-order valence-corrected chi connectivity index (χ3v) is 4.03. The third kappa shape index (κ3) is 2.57. The molecular formula is C13H24N2O. The molecule has 0 aromatic rings. The predicted octanol–water partition coefficient (Wildman–Crippen LogP) is 1.78. The number of amides is 1. The zero-order valence-electron chi connectivity index (χ0n) is 10.5. The number of carbonyl (C=O) groups excluding carboxylic acids is 1. The van der Waals surface area contributed by atoms with Crippen LogP contribution in [0, 0.1) is 5.92 Å². The highest BCUT2D eigenvalue weighted by Crippen LogP contribution is 2.23. The summed E-state index contributed by atoms with van der Waals surface area (Å²) in [6, 6.07) is 0.532. The molecule has 0 spiro atoms. The smallest absolute Gasteiger partial charge is 0.239 e. The van der Waals surface area contributed by atoms with Crippen molar-refractivity contribution >= 4 is 5.91 Å². The van der Waals surface area contributed by atoms with Crippen molar-refractivity contribution < 1.29 is 4.79 Å². The van der Waals surface area contributed by atoms with Crippen LogP contribution in [0.1, 0.15) is 46.0 Å². The molecule has 0 bridgehead atoms. The van der Waals surface area contributed by atoms with Crippen LogP contribution < -0.4 is 5.32 Å². The SMILES string of the molecule is CC1CCN(C(=O)C2CCCCN2)C(C)C1. The van der Waals surface area contributed by atoms with E-state index >= 15 is 0 Å². The highest BCUT2D eigenvalue weighted by molar-refractivity contribution is 5.82. The Kier molecular flexibility index (Phi) is 3.85. The van der Waals surface area contributed by atoms with Gasteiger partial charge in [-0.15, -0.1) is 0 Å². The first-order valence-corrected chi connectivity index (χ1v) is 6.72. The molecule has 2 rings (SSSR count). The second kappa shape index (κ2) is 5.17. The van der Waals surface area contributed by atoms with Gasteiger partial charge in [-0.3, -0.25) is 4.79 Å². The van der Waals surface area contributed by atoms with Crippen LogP contribution in [-0.4, -0.2) is 36.0 Å². The molecule has 2 saturated heterocycles. The van der Waals surface area contributed by atoms with Crippen molar-refractivity contribution in [3.05, 3.63) is 0 Å². The summed E-state index contributed by atoms with van der Waals surface area (Å²) < 4.78 is 0. The van der Waals surface area contributed by atoms with Crippen LogP contribution in [0.3, 0.4) is 0 Å². The largest absolute Gasteiger partial charge is 0.339 e. The highest BCUT2D eigenvalue weighted by atomic mass is 16.2. The molecular weight excluding hydrogens is 200 g/mol. The lowest BCUT2D eigenvalue weighted by Crippen LogP contribution is -2.53. The molecule has 0 radical (unpaired) electrons. The number of nitrogens with zero attached hydrogens (tertiary/aromatic N) is 1. The van der Waals surface area contributed by atoms with Gasteiger partial charge in [0.15, 0.2) is 0 Å². The van der Waals surface area contributed by atoms with Gasteiger partial charge in [0.25, 0.3) is 0 Å². The van der Waals surface area contributed by atoms with E-state index in [1.54, 1.807) is 0 Å². The van der Waals surface area contributed by atoms with Gasteiger partial charge in [-0.05, 0) is 45.1 Å². The van der Waals surface area contributed by atoms with Crippen molar-refractivity contribution in [1.29, 1.82) is 0 Å². The summed E-state index contributed by atoms with van der Waals surface area (Å²) >= 11 is 0. The quantitative estimate of drug-likeness (QED) is 0.736. The van der Waals surface area contributed by atoms with E-state index in [2.05, 4.69) is 24.1 Å². The molecule has 1 amide bonds. The molecule has 3 unspecified atom stereocenters. The van der Waals surface area contributed by atoms with Crippen LogP contribution >= 0.6 is 0 Å². The first-order chi connectivity index (χ1) is 7.68. The van der Waals surface area contributed by atoms with Gasteiger partial charge >= 0.3 is 0 Å². The van der Waals surface area contributed by atoms with Crippen LogP contribution in [0.25, 0.3) is 0 Å². The van der Waals surface area contributed by atoms with Crippen LogP contribution in [-0.2, 0) is 4.79 Å². The topological polar surface area (TPSA) is 32.3 Å². The molecule has 3 atom stereocenters. The van der Waals surface area contributed by atoms with Gasteiger partial charge < -0.3 is 10.2 Å².